The molecule has 2 aliphatic heterocycles. The SMILES string of the molecule is Cc1cc(C)cc(N2C(=O)NC(=O)/C(=C\c3ccc4c(c3)C(C)CC(C)(C)N4C(C)C)C2=O)c1. The van der Waals surface area contributed by atoms with Crippen LogP contribution in [-0.4, -0.2) is 29.4 Å². The number of rotatable bonds is 3. The van der Waals surface area contributed by atoms with Gasteiger partial charge in [0.2, 0.25) is 0 Å². The quantitative estimate of drug-likeness (QED) is 0.488. The van der Waals surface area contributed by atoms with Gasteiger partial charge in [-0.3, -0.25) is 14.9 Å². The summed E-state index contributed by atoms with van der Waals surface area (Å²) in [7, 11) is 0. The Labute approximate surface area is 201 Å². The molecule has 2 aromatic rings. The van der Waals surface area contributed by atoms with Crippen molar-refractivity contribution in [2.24, 2.45) is 0 Å². The molecule has 4 amide bonds. The number of urea groups is 1. The molecular weight excluding hydrogens is 426 g/mol. The van der Waals surface area contributed by atoms with Crippen LogP contribution >= 0.6 is 0 Å². The first-order chi connectivity index (χ1) is 15.9. The van der Waals surface area contributed by atoms with Crippen molar-refractivity contribution in [2.75, 3.05) is 9.80 Å². The van der Waals surface area contributed by atoms with Crippen molar-refractivity contribution < 1.29 is 14.4 Å². The van der Waals surface area contributed by atoms with Crippen molar-refractivity contribution in [3.05, 3.63) is 64.2 Å². The molecule has 6 heteroatoms. The highest BCUT2D eigenvalue weighted by Gasteiger charge is 2.39. The molecule has 1 atom stereocenters. The maximum Gasteiger partial charge on any atom is 0.335 e. The Kier molecular flexibility index (Phi) is 5.88. The summed E-state index contributed by atoms with van der Waals surface area (Å²) in [5, 5.41) is 2.32. The highest BCUT2D eigenvalue weighted by molar-refractivity contribution is 6.39. The first-order valence-electron chi connectivity index (χ1n) is 11.8. The Bertz CT molecular complexity index is 1210. The van der Waals surface area contributed by atoms with Crippen LogP contribution in [0.15, 0.2) is 42.0 Å². The van der Waals surface area contributed by atoms with Crippen LogP contribution in [0.5, 0.6) is 0 Å². The van der Waals surface area contributed by atoms with E-state index in [1.165, 1.54) is 11.3 Å². The molecule has 1 fully saturated rings. The summed E-state index contributed by atoms with van der Waals surface area (Å²) in [6, 6.07) is 11.2. The average molecular weight is 460 g/mol. The summed E-state index contributed by atoms with van der Waals surface area (Å²) in [5.41, 5.74) is 5.45. The second kappa shape index (κ2) is 8.42. The third-order valence-electron chi connectivity index (χ3n) is 6.69. The molecule has 4 rings (SSSR count). The number of nitrogens with zero attached hydrogens (tertiary/aromatic N) is 2. The summed E-state index contributed by atoms with van der Waals surface area (Å²) in [5.74, 6) is -0.955. The van der Waals surface area contributed by atoms with E-state index in [1.807, 2.05) is 26.0 Å². The molecule has 6 nitrogen and oxygen atoms in total. The first-order valence-corrected chi connectivity index (χ1v) is 11.8. The van der Waals surface area contributed by atoms with Crippen LogP contribution in [0.4, 0.5) is 16.2 Å². The van der Waals surface area contributed by atoms with E-state index in [2.05, 4.69) is 57.0 Å². The number of imide groups is 2. The van der Waals surface area contributed by atoms with Crippen molar-refractivity contribution >= 4 is 35.3 Å². The van der Waals surface area contributed by atoms with Gasteiger partial charge in [0.05, 0.1) is 5.69 Å². The number of barbiturate groups is 1. The molecule has 0 bridgehead atoms. The second-order valence-corrected chi connectivity index (χ2v) is 10.5. The third-order valence-corrected chi connectivity index (χ3v) is 6.69. The molecule has 1 saturated heterocycles. The molecule has 1 N–H and O–H groups in total. The number of nitrogens with one attached hydrogen (secondary N) is 1. The number of hydrogen-bond donors (Lipinski definition) is 1. The first kappa shape index (κ1) is 23.7. The molecule has 2 heterocycles. The van der Waals surface area contributed by atoms with Gasteiger partial charge in [0, 0.05) is 17.3 Å². The predicted molar refractivity (Wildman–Crippen MR) is 136 cm³/mol. The van der Waals surface area contributed by atoms with Crippen LogP contribution in [0.2, 0.25) is 0 Å². The number of carbonyl (C=O) groups is 3. The van der Waals surface area contributed by atoms with Gasteiger partial charge in [0.25, 0.3) is 11.8 Å². The van der Waals surface area contributed by atoms with E-state index < -0.39 is 17.8 Å². The summed E-state index contributed by atoms with van der Waals surface area (Å²) in [6.07, 6.45) is 2.60. The molecule has 2 aliphatic rings. The van der Waals surface area contributed by atoms with Crippen LogP contribution in [0.3, 0.4) is 0 Å². The number of amides is 4. The molecule has 0 radical (unpaired) electrons. The van der Waals surface area contributed by atoms with Crippen molar-refractivity contribution in [1.82, 2.24) is 5.32 Å². The molecule has 0 spiro atoms. The minimum atomic E-state index is -0.731. The summed E-state index contributed by atoms with van der Waals surface area (Å²) < 4.78 is 0. The van der Waals surface area contributed by atoms with Gasteiger partial charge in [-0.15, -0.1) is 0 Å². The highest BCUT2D eigenvalue weighted by atomic mass is 16.2. The van der Waals surface area contributed by atoms with Crippen LogP contribution in [0.1, 0.15) is 69.2 Å². The van der Waals surface area contributed by atoms with E-state index in [9.17, 15) is 14.4 Å². The molecule has 0 aromatic heterocycles. The standard InChI is InChI=1S/C28H33N3O3/c1-16(2)31-24-9-8-20(13-22(24)19(5)15-28(31,6)7)14-23-25(32)29-27(34)30(26(23)33)21-11-17(3)10-18(4)12-21/h8-14,16,19H,15H2,1-7H3,(H,29,32,34)/b23-14+. The minimum Gasteiger partial charge on any atom is -0.364 e. The van der Waals surface area contributed by atoms with Crippen molar-refractivity contribution in [1.29, 1.82) is 0 Å². The number of hydrogen-bond acceptors (Lipinski definition) is 4. The number of fused-ring (bicyclic) bond motifs is 1. The Hall–Kier alpha value is -3.41. The van der Waals surface area contributed by atoms with E-state index in [-0.39, 0.29) is 11.1 Å². The van der Waals surface area contributed by atoms with E-state index in [4.69, 9.17) is 0 Å². The molecule has 178 valence electrons. The molecule has 0 saturated carbocycles. The molecule has 0 aliphatic carbocycles. The summed E-state index contributed by atoms with van der Waals surface area (Å²) in [6.45, 7) is 15.0. The van der Waals surface area contributed by atoms with Crippen molar-refractivity contribution in [3.63, 3.8) is 0 Å². The van der Waals surface area contributed by atoms with Crippen LogP contribution in [0, 0.1) is 13.8 Å². The predicted octanol–water partition coefficient (Wildman–Crippen LogP) is 5.47. The highest BCUT2D eigenvalue weighted by Crippen LogP contribution is 2.44. The lowest BCUT2D eigenvalue weighted by molar-refractivity contribution is -0.122. The molecule has 2 aromatic carbocycles. The maximum absolute atomic E-state index is 13.3. The third kappa shape index (κ3) is 4.13. The molecular formula is C28H33N3O3. The summed E-state index contributed by atoms with van der Waals surface area (Å²) >= 11 is 0. The largest absolute Gasteiger partial charge is 0.364 e. The van der Waals surface area contributed by atoms with Crippen LogP contribution in [0.25, 0.3) is 6.08 Å². The fourth-order valence-electron chi connectivity index (χ4n) is 5.68. The normalized spacial score (nSPS) is 21.2. The zero-order valence-electron chi connectivity index (χ0n) is 21.0. The Balaban J connectivity index is 1.75. The maximum atomic E-state index is 13.3. The molecule has 1 unspecified atom stereocenters. The number of anilines is 2. The zero-order chi connectivity index (χ0) is 24.9. The van der Waals surface area contributed by atoms with Gasteiger partial charge >= 0.3 is 6.03 Å². The van der Waals surface area contributed by atoms with Gasteiger partial charge in [-0.05, 0) is 106 Å². The van der Waals surface area contributed by atoms with Gasteiger partial charge in [0.1, 0.15) is 5.57 Å². The fourth-order valence-corrected chi connectivity index (χ4v) is 5.68. The van der Waals surface area contributed by atoms with E-state index in [1.54, 1.807) is 18.2 Å². The van der Waals surface area contributed by atoms with Gasteiger partial charge in [0.15, 0.2) is 0 Å². The molecule has 34 heavy (non-hydrogen) atoms. The Morgan fingerprint density at radius 2 is 1.68 bits per heavy atom. The fraction of sp³-hybridized carbons (Fsp3) is 0.393. The number of benzene rings is 2. The van der Waals surface area contributed by atoms with Crippen LogP contribution in [-0.2, 0) is 9.59 Å². The zero-order valence-corrected chi connectivity index (χ0v) is 21.0. The summed E-state index contributed by atoms with van der Waals surface area (Å²) in [4.78, 5) is 42.0. The van der Waals surface area contributed by atoms with E-state index >= 15 is 0 Å². The van der Waals surface area contributed by atoms with Gasteiger partial charge in [-0.2, -0.15) is 0 Å². The van der Waals surface area contributed by atoms with Crippen molar-refractivity contribution in [2.45, 2.75) is 72.4 Å². The Morgan fingerprint density at radius 1 is 1.03 bits per heavy atom. The topological polar surface area (TPSA) is 69.7 Å². The van der Waals surface area contributed by atoms with Gasteiger partial charge in [-0.1, -0.05) is 19.1 Å². The lowest BCUT2D eigenvalue weighted by Gasteiger charge is -2.50. The smallest absolute Gasteiger partial charge is 0.335 e. The minimum absolute atomic E-state index is 0.0343. The number of aryl methyl sites for hydroxylation is 2. The van der Waals surface area contributed by atoms with Crippen LogP contribution < -0.4 is 15.1 Å². The van der Waals surface area contributed by atoms with Crippen molar-refractivity contribution in [3.8, 4) is 0 Å². The Morgan fingerprint density at radius 3 is 2.29 bits per heavy atom. The van der Waals surface area contributed by atoms with E-state index in [0.29, 0.717) is 17.6 Å². The van der Waals surface area contributed by atoms with Gasteiger partial charge in [-0.25, -0.2) is 9.69 Å². The van der Waals surface area contributed by atoms with Gasteiger partial charge < -0.3 is 4.90 Å². The lowest BCUT2D eigenvalue weighted by Crippen LogP contribution is -2.54. The monoisotopic (exact) mass is 459 g/mol. The van der Waals surface area contributed by atoms with E-state index in [0.717, 1.165) is 28.0 Å². The number of carbonyl (C=O) groups excluding carboxylic acids is 3. The average Bonchev–Trinajstić information content (AvgIpc) is 2.69. The lowest BCUT2D eigenvalue weighted by atomic mass is 9.78. The second-order valence-electron chi connectivity index (χ2n) is 10.5.